The van der Waals surface area contributed by atoms with Gasteiger partial charge in [-0.3, -0.25) is 9.36 Å². The number of rotatable bonds is 6. The Bertz CT molecular complexity index is 1200. The van der Waals surface area contributed by atoms with E-state index in [0.29, 0.717) is 29.6 Å². The van der Waals surface area contributed by atoms with Crippen LogP contribution in [0.1, 0.15) is 16.7 Å². The first kappa shape index (κ1) is 21.2. The van der Waals surface area contributed by atoms with E-state index in [0.717, 1.165) is 10.2 Å². The van der Waals surface area contributed by atoms with Crippen LogP contribution in [0.3, 0.4) is 0 Å². The number of hydrogen-bond acceptors (Lipinski definition) is 3. The number of hydrogen-bond donors (Lipinski definition) is 2. The molecule has 0 unspecified atom stereocenters. The van der Waals surface area contributed by atoms with Crippen LogP contribution in [0.4, 0.5) is 15.9 Å². The number of anilines is 2. The lowest BCUT2D eigenvalue weighted by atomic mass is 10.1. The van der Waals surface area contributed by atoms with Crippen molar-refractivity contribution < 1.29 is 4.39 Å². The van der Waals surface area contributed by atoms with Crippen molar-refractivity contribution in [2.75, 3.05) is 10.6 Å². The minimum absolute atomic E-state index is 0.261. The SMILES string of the molecule is Cc1ccc(Cn2cc(NC(=S)Nc3nn(Cc4ccccc4F)cc3Br)cn2)cc1. The standard InChI is InChI=1S/C22H20BrFN6S/c1-15-6-8-16(9-7-15)11-29-13-18(10-25-29)26-22(31)27-21-19(23)14-30(28-21)12-17-4-2-3-5-20(17)24/h2-10,13-14H,11-12H2,1H3,(H2,26,27,28,31). The maximum absolute atomic E-state index is 13.9. The molecule has 6 nitrogen and oxygen atoms in total. The van der Waals surface area contributed by atoms with Gasteiger partial charge >= 0.3 is 0 Å². The molecule has 2 heterocycles. The molecule has 0 aliphatic rings. The molecular formula is C22H20BrFN6S. The number of nitrogens with zero attached hydrogens (tertiary/aromatic N) is 4. The molecule has 4 aromatic rings. The van der Waals surface area contributed by atoms with E-state index >= 15 is 0 Å². The topological polar surface area (TPSA) is 59.7 Å². The predicted octanol–water partition coefficient (Wildman–Crippen LogP) is 5.20. The van der Waals surface area contributed by atoms with Crippen LogP contribution in [-0.4, -0.2) is 24.7 Å². The lowest BCUT2D eigenvalue weighted by Crippen LogP contribution is -2.19. The van der Waals surface area contributed by atoms with Crippen molar-refractivity contribution in [1.82, 2.24) is 19.6 Å². The molecule has 4 rings (SSSR count). The van der Waals surface area contributed by atoms with Crippen molar-refractivity contribution >= 4 is 44.8 Å². The summed E-state index contributed by atoms with van der Waals surface area (Å²) < 4.78 is 18.1. The third-order valence-electron chi connectivity index (χ3n) is 4.60. The van der Waals surface area contributed by atoms with Crippen molar-refractivity contribution in [3.63, 3.8) is 0 Å². The van der Waals surface area contributed by atoms with Crippen molar-refractivity contribution in [3.05, 3.63) is 94.1 Å². The first-order valence-corrected chi connectivity index (χ1v) is 10.8. The Morgan fingerprint density at radius 3 is 2.58 bits per heavy atom. The summed E-state index contributed by atoms with van der Waals surface area (Å²) in [6, 6.07) is 15.0. The molecule has 0 amide bonds. The Morgan fingerprint density at radius 1 is 1.03 bits per heavy atom. The van der Waals surface area contributed by atoms with Gasteiger partial charge in [-0.15, -0.1) is 0 Å². The van der Waals surface area contributed by atoms with E-state index in [9.17, 15) is 4.39 Å². The van der Waals surface area contributed by atoms with E-state index in [1.165, 1.54) is 17.2 Å². The molecule has 0 aliphatic heterocycles. The molecule has 0 bridgehead atoms. The smallest absolute Gasteiger partial charge is 0.176 e. The first-order chi connectivity index (χ1) is 15.0. The lowest BCUT2D eigenvalue weighted by molar-refractivity contribution is 0.586. The van der Waals surface area contributed by atoms with Crippen LogP contribution in [0.25, 0.3) is 0 Å². The summed E-state index contributed by atoms with van der Waals surface area (Å²) in [5.74, 6) is 0.282. The molecule has 0 aliphatic carbocycles. The van der Waals surface area contributed by atoms with E-state index in [1.807, 2.05) is 10.9 Å². The number of thiocarbonyl (C=S) groups is 1. The van der Waals surface area contributed by atoms with Gasteiger partial charge < -0.3 is 10.6 Å². The van der Waals surface area contributed by atoms with Gasteiger partial charge in [0.1, 0.15) is 5.82 Å². The first-order valence-electron chi connectivity index (χ1n) is 9.58. The zero-order chi connectivity index (χ0) is 21.8. The average Bonchev–Trinajstić information content (AvgIpc) is 3.31. The minimum atomic E-state index is -0.261. The maximum Gasteiger partial charge on any atom is 0.176 e. The highest BCUT2D eigenvalue weighted by Crippen LogP contribution is 2.21. The number of aromatic nitrogens is 4. The Labute approximate surface area is 193 Å². The zero-order valence-corrected chi connectivity index (χ0v) is 19.1. The molecule has 2 N–H and O–H groups in total. The third kappa shape index (κ3) is 5.56. The summed E-state index contributed by atoms with van der Waals surface area (Å²) in [5.41, 5.74) is 3.73. The quantitative estimate of drug-likeness (QED) is 0.358. The summed E-state index contributed by atoms with van der Waals surface area (Å²) in [6.07, 6.45) is 5.38. The number of halogens is 2. The van der Waals surface area contributed by atoms with Gasteiger partial charge in [-0.1, -0.05) is 48.0 Å². The minimum Gasteiger partial charge on any atom is -0.330 e. The summed E-state index contributed by atoms with van der Waals surface area (Å²) in [4.78, 5) is 0. The van der Waals surface area contributed by atoms with Crippen molar-refractivity contribution in [2.24, 2.45) is 0 Å². The van der Waals surface area contributed by atoms with E-state index in [1.54, 1.807) is 35.3 Å². The third-order valence-corrected chi connectivity index (χ3v) is 5.38. The molecule has 0 spiro atoms. The van der Waals surface area contributed by atoms with Gasteiger partial charge in [0.25, 0.3) is 0 Å². The van der Waals surface area contributed by atoms with E-state index in [4.69, 9.17) is 12.2 Å². The molecule has 9 heteroatoms. The molecule has 0 radical (unpaired) electrons. The monoisotopic (exact) mass is 498 g/mol. The van der Waals surface area contributed by atoms with Crippen LogP contribution in [0.15, 0.2) is 71.6 Å². The molecular weight excluding hydrogens is 479 g/mol. The fourth-order valence-corrected chi connectivity index (χ4v) is 3.66. The van der Waals surface area contributed by atoms with Crippen molar-refractivity contribution in [3.8, 4) is 0 Å². The maximum atomic E-state index is 13.9. The lowest BCUT2D eigenvalue weighted by Gasteiger charge is -2.07. The van der Waals surface area contributed by atoms with Crippen LogP contribution in [0.5, 0.6) is 0 Å². The second-order valence-corrected chi connectivity index (χ2v) is 8.37. The Hall–Kier alpha value is -3.04. The largest absolute Gasteiger partial charge is 0.330 e. The fourth-order valence-electron chi connectivity index (χ4n) is 3.03. The molecule has 0 saturated carbocycles. The van der Waals surface area contributed by atoms with Crippen LogP contribution in [0.2, 0.25) is 0 Å². The normalized spacial score (nSPS) is 10.8. The summed E-state index contributed by atoms with van der Waals surface area (Å²) in [7, 11) is 0. The zero-order valence-electron chi connectivity index (χ0n) is 16.7. The highest BCUT2D eigenvalue weighted by Gasteiger charge is 2.11. The molecule has 2 aromatic carbocycles. The van der Waals surface area contributed by atoms with Gasteiger partial charge in [0.15, 0.2) is 10.9 Å². The van der Waals surface area contributed by atoms with E-state index in [-0.39, 0.29) is 5.82 Å². The van der Waals surface area contributed by atoms with E-state index in [2.05, 4.69) is 68.0 Å². The predicted molar refractivity (Wildman–Crippen MR) is 128 cm³/mol. The van der Waals surface area contributed by atoms with Gasteiger partial charge in [0.2, 0.25) is 0 Å². The summed E-state index contributed by atoms with van der Waals surface area (Å²) in [5, 5.41) is 15.4. The molecule has 2 aromatic heterocycles. The highest BCUT2D eigenvalue weighted by molar-refractivity contribution is 9.10. The Morgan fingerprint density at radius 2 is 1.81 bits per heavy atom. The van der Waals surface area contributed by atoms with Crippen LogP contribution in [0, 0.1) is 12.7 Å². The van der Waals surface area contributed by atoms with Crippen molar-refractivity contribution in [1.29, 1.82) is 0 Å². The second-order valence-electron chi connectivity index (χ2n) is 7.11. The summed E-state index contributed by atoms with van der Waals surface area (Å²) >= 11 is 8.87. The van der Waals surface area contributed by atoms with Gasteiger partial charge in [0, 0.05) is 18.0 Å². The van der Waals surface area contributed by atoms with Gasteiger partial charge in [-0.05, 0) is 46.7 Å². The molecule has 0 fully saturated rings. The highest BCUT2D eigenvalue weighted by atomic mass is 79.9. The van der Waals surface area contributed by atoms with Gasteiger partial charge in [-0.25, -0.2) is 4.39 Å². The van der Waals surface area contributed by atoms with Crippen molar-refractivity contribution in [2.45, 2.75) is 20.0 Å². The van der Waals surface area contributed by atoms with Gasteiger partial charge in [-0.2, -0.15) is 10.2 Å². The number of benzene rings is 2. The number of nitrogens with one attached hydrogen (secondary N) is 2. The Balaban J connectivity index is 1.36. The van der Waals surface area contributed by atoms with E-state index < -0.39 is 0 Å². The van der Waals surface area contributed by atoms with Crippen LogP contribution in [-0.2, 0) is 13.1 Å². The van der Waals surface area contributed by atoms with Crippen LogP contribution < -0.4 is 10.6 Å². The van der Waals surface area contributed by atoms with Crippen LogP contribution >= 0.6 is 28.1 Å². The Kier molecular flexibility index (Phi) is 6.43. The fraction of sp³-hybridized carbons (Fsp3) is 0.136. The average molecular weight is 499 g/mol. The second kappa shape index (κ2) is 9.40. The summed E-state index contributed by atoms with van der Waals surface area (Å²) in [6.45, 7) is 3.06. The number of aryl methyl sites for hydroxylation is 1. The molecule has 0 saturated heterocycles. The molecule has 31 heavy (non-hydrogen) atoms. The molecule has 0 atom stereocenters. The molecule has 158 valence electrons. The van der Waals surface area contributed by atoms with Gasteiger partial charge in [0.05, 0.1) is 29.4 Å².